The van der Waals surface area contributed by atoms with Crippen LogP contribution in [-0.4, -0.2) is 28.2 Å². The van der Waals surface area contributed by atoms with Gasteiger partial charge in [-0.3, -0.25) is 9.59 Å². The molecule has 0 unspecified atom stereocenters. The molecule has 2 aromatic heterocycles. The van der Waals surface area contributed by atoms with E-state index < -0.39 is 0 Å². The van der Waals surface area contributed by atoms with Gasteiger partial charge in [0.05, 0.1) is 23.1 Å². The number of ketones is 2. The average Bonchev–Trinajstić information content (AvgIpc) is 3.45. The highest BCUT2D eigenvalue weighted by Crippen LogP contribution is 2.35. The van der Waals surface area contributed by atoms with Crippen LogP contribution < -0.4 is 4.74 Å². The molecule has 6 heteroatoms. The van der Waals surface area contributed by atoms with Crippen molar-refractivity contribution < 1.29 is 14.3 Å². The Morgan fingerprint density at radius 3 is 2.12 bits per heavy atom. The summed E-state index contributed by atoms with van der Waals surface area (Å²) in [5.74, 6) is 0.333. The van der Waals surface area contributed by atoms with Gasteiger partial charge in [-0.05, 0) is 64.9 Å². The summed E-state index contributed by atoms with van der Waals surface area (Å²) in [6.45, 7) is 0. The van der Waals surface area contributed by atoms with Crippen LogP contribution in [0.15, 0.2) is 72.3 Å². The first-order valence-electron chi connectivity index (χ1n) is 10.5. The van der Waals surface area contributed by atoms with E-state index in [2.05, 4.69) is 6.07 Å². The van der Waals surface area contributed by atoms with Crippen LogP contribution in [0.25, 0.3) is 38.5 Å². The number of benzene rings is 3. The van der Waals surface area contributed by atoms with Crippen LogP contribution in [0.1, 0.15) is 25.7 Å². The summed E-state index contributed by atoms with van der Waals surface area (Å²) in [4.78, 5) is 30.8. The van der Waals surface area contributed by atoms with Crippen molar-refractivity contribution in [2.45, 2.75) is 0 Å². The second kappa shape index (κ2) is 7.25. The van der Waals surface area contributed by atoms with Crippen molar-refractivity contribution in [3.05, 3.63) is 88.4 Å². The zero-order chi connectivity index (χ0) is 22.7. The molecule has 33 heavy (non-hydrogen) atoms. The number of methoxy groups -OCH3 is 1. The molecule has 0 N–H and O–H groups in total. The zero-order valence-electron chi connectivity index (χ0n) is 18.0. The van der Waals surface area contributed by atoms with Gasteiger partial charge in [0.15, 0.2) is 17.2 Å². The van der Waals surface area contributed by atoms with Crippen LogP contribution in [0, 0.1) is 0 Å². The molecule has 0 amide bonds. The molecule has 0 spiro atoms. The van der Waals surface area contributed by atoms with Crippen molar-refractivity contribution >= 4 is 50.1 Å². The number of aromatic nitrogens is 2. The van der Waals surface area contributed by atoms with E-state index in [4.69, 9.17) is 9.72 Å². The van der Waals surface area contributed by atoms with E-state index in [1.165, 1.54) is 11.3 Å². The van der Waals surface area contributed by atoms with Crippen LogP contribution in [0.3, 0.4) is 0 Å². The monoisotopic (exact) mass is 450 g/mol. The Morgan fingerprint density at radius 1 is 0.909 bits per heavy atom. The van der Waals surface area contributed by atoms with Crippen molar-refractivity contribution in [2.75, 3.05) is 7.11 Å². The van der Waals surface area contributed by atoms with Crippen LogP contribution >= 0.6 is 11.3 Å². The minimum absolute atomic E-state index is 0.176. The molecular weight excluding hydrogens is 432 g/mol. The summed E-state index contributed by atoms with van der Waals surface area (Å²) < 4.78 is 8.26. The highest BCUT2D eigenvalue weighted by atomic mass is 32.1. The number of nitrogens with zero attached hydrogens (tertiary/aromatic N) is 2. The smallest absolute Gasteiger partial charge is 0.197 e. The third kappa shape index (κ3) is 3.02. The van der Waals surface area contributed by atoms with Gasteiger partial charge in [-0.2, -0.15) is 0 Å². The number of aryl methyl sites for hydroxylation is 1. The van der Waals surface area contributed by atoms with E-state index in [1.807, 2.05) is 72.3 Å². The summed E-state index contributed by atoms with van der Waals surface area (Å²) in [6.07, 6.45) is 1.63. The van der Waals surface area contributed by atoms with Crippen LogP contribution in [0.5, 0.6) is 5.75 Å². The molecule has 5 nitrogen and oxygen atoms in total. The van der Waals surface area contributed by atoms with E-state index in [0.29, 0.717) is 16.1 Å². The second-order valence-electron chi connectivity index (χ2n) is 8.02. The molecule has 0 atom stereocenters. The van der Waals surface area contributed by atoms with Gasteiger partial charge in [0.25, 0.3) is 0 Å². The lowest BCUT2D eigenvalue weighted by molar-refractivity contribution is 0.0990. The van der Waals surface area contributed by atoms with E-state index in [0.717, 1.165) is 38.1 Å². The molecule has 6 rings (SSSR count). The molecular formula is C27H18N2O3S. The number of thiazole rings is 1. The van der Waals surface area contributed by atoms with E-state index in [9.17, 15) is 9.59 Å². The number of carbonyl (C=O) groups excluding carboxylic acids is 2. The Bertz CT molecular complexity index is 1580. The summed E-state index contributed by atoms with van der Waals surface area (Å²) in [7, 11) is 3.61. The third-order valence-electron chi connectivity index (χ3n) is 6.12. The molecule has 3 aromatic carbocycles. The lowest BCUT2D eigenvalue weighted by Crippen LogP contribution is -2.00. The fraction of sp³-hybridized carbons (Fsp3) is 0.0741. The molecule has 0 saturated carbocycles. The molecule has 0 bridgehead atoms. The van der Waals surface area contributed by atoms with Gasteiger partial charge in [0.2, 0.25) is 0 Å². The molecule has 2 heterocycles. The number of fused-ring (bicyclic) bond motifs is 3. The van der Waals surface area contributed by atoms with E-state index in [-0.39, 0.29) is 17.1 Å². The van der Waals surface area contributed by atoms with E-state index in [1.54, 1.807) is 13.2 Å². The first-order chi connectivity index (χ1) is 16.0. The minimum atomic E-state index is -0.237. The van der Waals surface area contributed by atoms with Gasteiger partial charge in [-0.15, -0.1) is 11.3 Å². The standard InChI is InChI=1S/C27H18N2O3S/c1-29-22(15-7-9-18(32-2)10-8-15)14-23-27(29)28-24(33-23)13-21-25(30)19-11-16-5-3-4-6-17(16)12-20(19)26(21)31/h3-14H,1-2H3. The molecule has 1 aliphatic carbocycles. The minimum Gasteiger partial charge on any atom is -0.497 e. The number of hydrogen-bond donors (Lipinski definition) is 0. The first kappa shape index (κ1) is 19.6. The Labute approximate surface area is 193 Å². The maximum absolute atomic E-state index is 13.0. The Balaban J connectivity index is 1.38. The number of allylic oxidation sites excluding steroid dienone is 1. The predicted molar refractivity (Wildman–Crippen MR) is 131 cm³/mol. The van der Waals surface area contributed by atoms with Crippen LogP contribution in [0.2, 0.25) is 0 Å². The molecule has 0 aliphatic heterocycles. The lowest BCUT2D eigenvalue weighted by Gasteiger charge is -2.05. The molecule has 160 valence electrons. The number of hydrogen-bond acceptors (Lipinski definition) is 5. The molecule has 0 fully saturated rings. The van der Waals surface area contributed by atoms with Crippen molar-refractivity contribution in [1.29, 1.82) is 0 Å². The maximum Gasteiger partial charge on any atom is 0.197 e. The topological polar surface area (TPSA) is 61.2 Å². The number of carbonyl (C=O) groups is 2. The summed E-state index contributed by atoms with van der Waals surface area (Å²) in [5.41, 5.74) is 4.03. The fourth-order valence-electron chi connectivity index (χ4n) is 4.37. The predicted octanol–water partition coefficient (Wildman–Crippen LogP) is 5.93. The normalized spacial score (nSPS) is 13.2. The van der Waals surface area contributed by atoms with Crippen molar-refractivity contribution in [2.24, 2.45) is 7.05 Å². The number of ether oxygens (including phenoxy) is 1. The molecule has 1 aliphatic rings. The van der Waals surface area contributed by atoms with Crippen LogP contribution in [-0.2, 0) is 7.05 Å². The number of rotatable bonds is 3. The van der Waals surface area contributed by atoms with Gasteiger partial charge >= 0.3 is 0 Å². The molecule has 5 aromatic rings. The van der Waals surface area contributed by atoms with Crippen molar-refractivity contribution in [3.8, 4) is 17.0 Å². The van der Waals surface area contributed by atoms with Gasteiger partial charge in [0.1, 0.15) is 10.8 Å². The quantitative estimate of drug-likeness (QED) is 0.253. The van der Waals surface area contributed by atoms with Gasteiger partial charge in [-0.25, -0.2) is 4.98 Å². The SMILES string of the molecule is COc1ccc(-c2cc3sc(C=C4C(=O)c5cc6ccccc6cc5C4=O)nc3n2C)cc1. The van der Waals surface area contributed by atoms with Gasteiger partial charge in [-0.1, -0.05) is 24.3 Å². The largest absolute Gasteiger partial charge is 0.497 e. The molecule has 0 saturated heterocycles. The lowest BCUT2D eigenvalue weighted by atomic mass is 10.0. The van der Waals surface area contributed by atoms with Crippen molar-refractivity contribution in [1.82, 2.24) is 9.55 Å². The maximum atomic E-state index is 13.0. The fourth-order valence-corrected chi connectivity index (χ4v) is 5.35. The van der Waals surface area contributed by atoms with Crippen LogP contribution in [0.4, 0.5) is 0 Å². The summed E-state index contributed by atoms with van der Waals surface area (Å²) in [6, 6.07) is 21.3. The van der Waals surface area contributed by atoms with Gasteiger partial charge in [0, 0.05) is 18.2 Å². The average molecular weight is 451 g/mol. The van der Waals surface area contributed by atoms with Crippen molar-refractivity contribution in [3.63, 3.8) is 0 Å². The molecule has 0 radical (unpaired) electrons. The first-order valence-corrected chi connectivity index (χ1v) is 11.3. The van der Waals surface area contributed by atoms with Gasteiger partial charge < -0.3 is 9.30 Å². The zero-order valence-corrected chi connectivity index (χ0v) is 18.8. The summed E-state index contributed by atoms with van der Waals surface area (Å²) >= 11 is 1.47. The highest BCUT2D eigenvalue weighted by molar-refractivity contribution is 7.19. The Morgan fingerprint density at radius 2 is 1.55 bits per heavy atom. The highest BCUT2D eigenvalue weighted by Gasteiger charge is 2.33. The third-order valence-corrected chi connectivity index (χ3v) is 7.05. The second-order valence-corrected chi connectivity index (χ2v) is 9.08. The Hall–Kier alpha value is -4.03. The summed E-state index contributed by atoms with van der Waals surface area (Å²) in [5, 5.41) is 2.54. The van der Waals surface area contributed by atoms with E-state index >= 15 is 0 Å². The Kier molecular flexibility index (Phi) is 4.32. The number of Topliss-reactive ketones (excluding diaryl/α,β-unsaturated/α-hetero) is 2.